The number of rotatable bonds is 5. The Kier molecular flexibility index (Phi) is 4.27. The van der Waals surface area contributed by atoms with E-state index in [1.54, 1.807) is 7.11 Å². The van der Waals surface area contributed by atoms with Crippen molar-refractivity contribution >= 4 is 5.69 Å². The third kappa shape index (κ3) is 3.30. The van der Waals surface area contributed by atoms with E-state index >= 15 is 0 Å². The number of nitrogens with zero attached hydrogens (tertiary/aromatic N) is 1. The van der Waals surface area contributed by atoms with E-state index in [2.05, 4.69) is 11.4 Å². The molecule has 3 heteroatoms. The average molecular weight is 266 g/mol. The number of hydrogen-bond donors (Lipinski definition) is 1. The van der Waals surface area contributed by atoms with E-state index in [0.717, 1.165) is 17.0 Å². The molecule has 0 bridgehead atoms. The van der Waals surface area contributed by atoms with Crippen LogP contribution in [0, 0.1) is 11.3 Å². The van der Waals surface area contributed by atoms with Crippen LogP contribution in [0.5, 0.6) is 5.75 Å². The van der Waals surface area contributed by atoms with Crippen molar-refractivity contribution in [2.24, 2.45) is 0 Å². The van der Waals surface area contributed by atoms with E-state index in [-0.39, 0.29) is 0 Å². The number of nitrogens with one attached hydrogen (secondary N) is 1. The lowest BCUT2D eigenvalue weighted by Gasteiger charge is -2.25. The predicted molar refractivity (Wildman–Crippen MR) is 80.8 cm³/mol. The molecular weight excluding hydrogens is 248 g/mol. The van der Waals surface area contributed by atoms with Gasteiger partial charge in [-0.15, -0.1) is 0 Å². The highest BCUT2D eigenvalue weighted by Crippen LogP contribution is 2.25. The van der Waals surface area contributed by atoms with Crippen molar-refractivity contribution < 1.29 is 4.74 Å². The van der Waals surface area contributed by atoms with Gasteiger partial charge in [0.15, 0.2) is 0 Å². The van der Waals surface area contributed by atoms with Crippen molar-refractivity contribution in [3.05, 3.63) is 60.2 Å². The molecule has 0 fully saturated rings. The summed E-state index contributed by atoms with van der Waals surface area (Å²) in [6.45, 7) is 1.90. The molecule has 0 radical (unpaired) electrons. The standard InChI is InChI=1S/C17H18N2O/c1-17(13-18,19-15-9-4-3-5-10-15)12-14-8-6-7-11-16(14)20-2/h3-11,19H,12H2,1-2H3. The number of ether oxygens (including phenoxy) is 1. The van der Waals surface area contributed by atoms with Crippen LogP contribution < -0.4 is 10.1 Å². The van der Waals surface area contributed by atoms with Gasteiger partial charge in [0, 0.05) is 12.1 Å². The Morgan fingerprint density at radius 2 is 1.75 bits per heavy atom. The Bertz CT molecular complexity index is 604. The molecule has 1 unspecified atom stereocenters. The maximum Gasteiger partial charge on any atom is 0.126 e. The van der Waals surface area contributed by atoms with Gasteiger partial charge in [-0.2, -0.15) is 5.26 Å². The maximum absolute atomic E-state index is 9.52. The van der Waals surface area contributed by atoms with Gasteiger partial charge in [-0.3, -0.25) is 0 Å². The Morgan fingerprint density at radius 3 is 2.40 bits per heavy atom. The summed E-state index contributed by atoms with van der Waals surface area (Å²) in [5, 5.41) is 12.8. The van der Waals surface area contributed by atoms with Crippen LogP contribution in [0.3, 0.4) is 0 Å². The molecule has 0 saturated heterocycles. The van der Waals surface area contributed by atoms with Crippen molar-refractivity contribution in [2.45, 2.75) is 18.9 Å². The average Bonchev–Trinajstić information content (AvgIpc) is 2.49. The molecule has 20 heavy (non-hydrogen) atoms. The van der Waals surface area contributed by atoms with E-state index in [1.165, 1.54) is 0 Å². The summed E-state index contributed by atoms with van der Waals surface area (Å²) in [5.41, 5.74) is 1.27. The molecule has 0 saturated carbocycles. The number of anilines is 1. The van der Waals surface area contributed by atoms with Crippen LogP contribution >= 0.6 is 0 Å². The molecule has 2 aromatic carbocycles. The molecular formula is C17H18N2O. The van der Waals surface area contributed by atoms with E-state index in [9.17, 15) is 5.26 Å². The maximum atomic E-state index is 9.52. The van der Waals surface area contributed by atoms with Gasteiger partial charge in [-0.1, -0.05) is 36.4 Å². The van der Waals surface area contributed by atoms with E-state index in [0.29, 0.717) is 6.42 Å². The fraction of sp³-hybridized carbons (Fsp3) is 0.235. The fourth-order valence-electron chi connectivity index (χ4n) is 2.18. The van der Waals surface area contributed by atoms with Crippen LogP contribution in [0.15, 0.2) is 54.6 Å². The van der Waals surface area contributed by atoms with E-state index < -0.39 is 5.54 Å². The minimum Gasteiger partial charge on any atom is -0.496 e. The SMILES string of the molecule is COc1ccccc1CC(C)(C#N)Nc1ccccc1. The highest BCUT2D eigenvalue weighted by Gasteiger charge is 2.25. The Balaban J connectivity index is 2.22. The zero-order valence-electron chi connectivity index (χ0n) is 11.8. The number of para-hydroxylation sites is 2. The summed E-state index contributed by atoms with van der Waals surface area (Å²) in [6, 6.07) is 19.9. The molecule has 0 spiro atoms. The number of benzene rings is 2. The first-order valence-corrected chi connectivity index (χ1v) is 6.53. The summed E-state index contributed by atoms with van der Waals surface area (Å²) in [6.07, 6.45) is 0.572. The molecule has 0 amide bonds. The summed E-state index contributed by atoms with van der Waals surface area (Å²) < 4.78 is 5.35. The molecule has 0 heterocycles. The minimum absolute atomic E-state index is 0.572. The van der Waals surface area contributed by atoms with Crippen LogP contribution in [0.4, 0.5) is 5.69 Å². The summed E-state index contributed by atoms with van der Waals surface area (Å²) in [7, 11) is 1.65. The van der Waals surface area contributed by atoms with Crippen LogP contribution in [0.1, 0.15) is 12.5 Å². The van der Waals surface area contributed by atoms with Crippen molar-refractivity contribution in [1.82, 2.24) is 0 Å². The predicted octanol–water partition coefficient (Wildman–Crippen LogP) is 3.63. The van der Waals surface area contributed by atoms with Crippen LogP contribution in [-0.2, 0) is 6.42 Å². The molecule has 0 aliphatic heterocycles. The fourth-order valence-corrected chi connectivity index (χ4v) is 2.18. The molecule has 2 aromatic rings. The van der Waals surface area contributed by atoms with Crippen LogP contribution in [0.25, 0.3) is 0 Å². The largest absolute Gasteiger partial charge is 0.496 e. The Morgan fingerprint density at radius 1 is 1.10 bits per heavy atom. The lowest BCUT2D eigenvalue weighted by atomic mass is 9.93. The van der Waals surface area contributed by atoms with Gasteiger partial charge in [0.25, 0.3) is 0 Å². The summed E-state index contributed by atoms with van der Waals surface area (Å²) >= 11 is 0. The third-order valence-electron chi connectivity index (χ3n) is 3.18. The first-order valence-electron chi connectivity index (χ1n) is 6.53. The van der Waals surface area contributed by atoms with Gasteiger partial charge in [0.2, 0.25) is 0 Å². The highest BCUT2D eigenvalue weighted by atomic mass is 16.5. The highest BCUT2D eigenvalue weighted by molar-refractivity contribution is 5.48. The van der Waals surface area contributed by atoms with Gasteiger partial charge in [0.05, 0.1) is 13.2 Å². The summed E-state index contributed by atoms with van der Waals surface area (Å²) in [5.74, 6) is 0.809. The van der Waals surface area contributed by atoms with Gasteiger partial charge in [-0.25, -0.2) is 0 Å². The molecule has 0 aliphatic carbocycles. The number of nitriles is 1. The molecule has 3 nitrogen and oxygen atoms in total. The second-order valence-corrected chi connectivity index (χ2v) is 4.92. The Labute approximate surface area is 119 Å². The Hall–Kier alpha value is -2.47. The lowest BCUT2D eigenvalue weighted by Crippen LogP contribution is -2.35. The molecule has 102 valence electrons. The van der Waals surface area contributed by atoms with Crippen molar-refractivity contribution in [1.29, 1.82) is 5.26 Å². The molecule has 0 aliphatic rings. The lowest BCUT2D eigenvalue weighted by molar-refractivity contribution is 0.407. The van der Waals surface area contributed by atoms with E-state index in [4.69, 9.17) is 4.74 Å². The molecule has 1 atom stereocenters. The second kappa shape index (κ2) is 6.12. The molecule has 2 rings (SSSR count). The van der Waals surface area contributed by atoms with Crippen molar-refractivity contribution in [3.8, 4) is 11.8 Å². The van der Waals surface area contributed by atoms with Gasteiger partial charge in [-0.05, 0) is 30.7 Å². The number of methoxy groups -OCH3 is 1. The zero-order chi connectivity index (χ0) is 14.4. The van der Waals surface area contributed by atoms with Crippen LogP contribution in [0.2, 0.25) is 0 Å². The minimum atomic E-state index is -0.685. The quantitative estimate of drug-likeness (QED) is 0.898. The normalized spacial score (nSPS) is 13.1. The smallest absolute Gasteiger partial charge is 0.126 e. The van der Waals surface area contributed by atoms with Gasteiger partial charge < -0.3 is 10.1 Å². The zero-order valence-corrected chi connectivity index (χ0v) is 11.8. The first-order chi connectivity index (χ1) is 9.67. The van der Waals surface area contributed by atoms with Crippen molar-refractivity contribution in [3.63, 3.8) is 0 Å². The first kappa shape index (κ1) is 14.0. The van der Waals surface area contributed by atoms with Crippen LogP contribution in [-0.4, -0.2) is 12.6 Å². The monoisotopic (exact) mass is 266 g/mol. The third-order valence-corrected chi connectivity index (χ3v) is 3.18. The number of hydrogen-bond acceptors (Lipinski definition) is 3. The van der Waals surface area contributed by atoms with Gasteiger partial charge >= 0.3 is 0 Å². The molecule has 0 aromatic heterocycles. The summed E-state index contributed by atoms with van der Waals surface area (Å²) in [4.78, 5) is 0. The second-order valence-electron chi connectivity index (χ2n) is 4.92. The van der Waals surface area contributed by atoms with E-state index in [1.807, 2.05) is 61.5 Å². The topological polar surface area (TPSA) is 45.0 Å². The van der Waals surface area contributed by atoms with Gasteiger partial charge in [0.1, 0.15) is 11.3 Å². The van der Waals surface area contributed by atoms with Crippen molar-refractivity contribution in [2.75, 3.05) is 12.4 Å². The molecule has 1 N–H and O–H groups in total.